The predicted octanol–water partition coefficient (Wildman–Crippen LogP) is 2.79. The van der Waals surface area contributed by atoms with Crippen LogP contribution in [0.4, 0.5) is 0 Å². The van der Waals surface area contributed by atoms with Crippen LogP contribution in [0.15, 0.2) is 59.4 Å². The van der Waals surface area contributed by atoms with Crippen molar-refractivity contribution in [3.05, 3.63) is 76.1 Å². The van der Waals surface area contributed by atoms with Gasteiger partial charge in [-0.3, -0.25) is 9.36 Å². The van der Waals surface area contributed by atoms with E-state index in [4.69, 9.17) is 0 Å². The molecule has 0 spiro atoms. The van der Waals surface area contributed by atoms with Crippen molar-refractivity contribution in [1.29, 1.82) is 0 Å². The summed E-state index contributed by atoms with van der Waals surface area (Å²) < 4.78 is 1.68. The Morgan fingerprint density at radius 2 is 1.80 bits per heavy atom. The summed E-state index contributed by atoms with van der Waals surface area (Å²) in [5, 5.41) is 10.3. The number of aryl methyl sites for hydroxylation is 1. The first-order valence-corrected chi connectivity index (χ1v) is 6.52. The van der Waals surface area contributed by atoms with E-state index in [9.17, 15) is 9.90 Å². The maximum atomic E-state index is 12.4. The van der Waals surface area contributed by atoms with E-state index in [0.29, 0.717) is 0 Å². The molecular formula is C17H15NO2. The van der Waals surface area contributed by atoms with Crippen molar-refractivity contribution >= 4 is 10.9 Å². The molecule has 0 fully saturated rings. The molecule has 1 N–H and O–H groups in total. The number of nitrogens with zero attached hydrogens (tertiary/aromatic N) is 1. The standard InChI is InChI=1S/C17H15NO2/c1-12-9-17(20)18(14-5-3-2-4-6-14)16-10-13(11-19)7-8-15(12)16/h2-10,19H,11H2,1H3. The second-order valence-electron chi connectivity index (χ2n) is 4.85. The predicted molar refractivity (Wildman–Crippen MR) is 80.2 cm³/mol. The lowest BCUT2D eigenvalue weighted by Crippen LogP contribution is -2.18. The van der Waals surface area contributed by atoms with Crippen LogP contribution in [-0.4, -0.2) is 9.67 Å². The van der Waals surface area contributed by atoms with Crippen LogP contribution in [0.3, 0.4) is 0 Å². The molecule has 2 aromatic carbocycles. The molecule has 0 bridgehead atoms. The largest absolute Gasteiger partial charge is 0.392 e. The number of hydrogen-bond donors (Lipinski definition) is 1. The minimum absolute atomic E-state index is 0.0349. The highest BCUT2D eigenvalue weighted by atomic mass is 16.3. The number of aliphatic hydroxyl groups is 1. The van der Waals surface area contributed by atoms with Gasteiger partial charge in [0.2, 0.25) is 0 Å². The van der Waals surface area contributed by atoms with E-state index in [1.807, 2.05) is 55.5 Å². The van der Waals surface area contributed by atoms with Crippen LogP contribution >= 0.6 is 0 Å². The maximum Gasteiger partial charge on any atom is 0.255 e. The number of aliphatic hydroxyl groups excluding tert-OH is 1. The van der Waals surface area contributed by atoms with Gasteiger partial charge in [-0.15, -0.1) is 0 Å². The van der Waals surface area contributed by atoms with E-state index in [1.54, 1.807) is 10.6 Å². The van der Waals surface area contributed by atoms with Gasteiger partial charge in [0.15, 0.2) is 0 Å². The molecule has 3 nitrogen and oxygen atoms in total. The summed E-state index contributed by atoms with van der Waals surface area (Å²) in [6.45, 7) is 1.89. The van der Waals surface area contributed by atoms with Gasteiger partial charge < -0.3 is 5.11 Å². The quantitative estimate of drug-likeness (QED) is 0.774. The van der Waals surface area contributed by atoms with Crippen LogP contribution in [0.1, 0.15) is 11.1 Å². The zero-order chi connectivity index (χ0) is 14.1. The van der Waals surface area contributed by atoms with E-state index in [2.05, 4.69) is 0 Å². The zero-order valence-corrected chi connectivity index (χ0v) is 11.2. The van der Waals surface area contributed by atoms with Crippen molar-refractivity contribution in [2.75, 3.05) is 0 Å². The first kappa shape index (κ1) is 12.6. The SMILES string of the molecule is Cc1cc(=O)n(-c2ccccc2)c2cc(CO)ccc12. The monoisotopic (exact) mass is 265 g/mol. The summed E-state index contributed by atoms with van der Waals surface area (Å²) in [4.78, 5) is 12.4. The van der Waals surface area contributed by atoms with Gasteiger partial charge in [-0.25, -0.2) is 0 Å². The van der Waals surface area contributed by atoms with Crippen LogP contribution < -0.4 is 5.56 Å². The number of rotatable bonds is 2. The fraction of sp³-hybridized carbons (Fsp3) is 0.118. The molecule has 3 aromatic rings. The average molecular weight is 265 g/mol. The second kappa shape index (κ2) is 4.94. The molecule has 0 aliphatic rings. The Bertz CT molecular complexity index is 820. The lowest BCUT2D eigenvalue weighted by atomic mass is 10.1. The van der Waals surface area contributed by atoms with Crippen LogP contribution in [-0.2, 0) is 6.61 Å². The Morgan fingerprint density at radius 3 is 2.50 bits per heavy atom. The molecule has 1 aromatic heterocycles. The third-order valence-corrected chi connectivity index (χ3v) is 3.49. The first-order valence-electron chi connectivity index (χ1n) is 6.52. The van der Waals surface area contributed by atoms with Crippen LogP contribution in [0, 0.1) is 6.92 Å². The Balaban J connectivity index is 2.44. The molecule has 100 valence electrons. The summed E-state index contributed by atoms with van der Waals surface area (Å²) >= 11 is 0. The summed E-state index contributed by atoms with van der Waals surface area (Å²) in [5.41, 5.74) is 3.34. The smallest absolute Gasteiger partial charge is 0.255 e. The normalized spacial score (nSPS) is 10.9. The van der Waals surface area contributed by atoms with Crippen molar-refractivity contribution in [1.82, 2.24) is 4.57 Å². The van der Waals surface area contributed by atoms with E-state index >= 15 is 0 Å². The summed E-state index contributed by atoms with van der Waals surface area (Å²) in [6, 6.07) is 16.9. The Labute approximate surface area is 116 Å². The van der Waals surface area contributed by atoms with Gasteiger partial charge in [-0.05, 0) is 36.2 Å². The Kier molecular flexibility index (Phi) is 3.12. The number of benzene rings is 2. The van der Waals surface area contributed by atoms with Crippen molar-refractivity contribution in [2.24, 2.45) is 0 Å². The molecule has 0 saturated heterocycles. The second-order valence-corrected chi connectivity index (χ2v) is 4.85. The van der Waals surface area contributed by atoms with Crippen LogP contribution in [0.25, 0.3) is 16.6 Å². The topological polar surface area (TPSA) is 42.2 Å². The van der Waals surface area contributed by atoms with Gasteiger partial charge in [0.05, 0.1) is 12.1 Å². The van der Waals surface area contributed by atoms with Gasteiger partial charge in [0.1, 0.15) is 0 Å². The van der Waals surface area contributed by atoms with Gasteiger partial charge in [-0.2, -0.15) is 0 Å². The highest BCUT2D eigenvalue weighted by molar-refractivity contribution is 5.84. The fourth-order valence-electron chi connectivity index (χ4n) is 2.48. The summed E-state index contributed by atoms with van der Waals surface area (Å²) in [5.74, 6) is 0. The van der Waals surface area contributed by atoms with E-state index < -0.39 is 0 Å². The minimum Gasteiger partial charge on any atom is -0.392 e. The Hall–Kier alpha value is -2.39. The molecule has 0 amide bonds. The third kappa shape index (κ3) is 2.02. The molecule has 20 heavy (non-hydrogen) atoms. The van der Waals surface area contributed by atoms with E-state index in [0.717, 1.165) is 27.7 Å². The van der Waals surface area contributed by atoms with Gasteiger partial charge >= 0.3 is 0 Å². The van der Waals surface area contributed by atoms with E-state index in [-0.39, 0.29) is 12.2 Å². The molecule has 3 heteroatoms. The van der Waals surface area contributed by atoms with Crippen molar-refractivity contribution in [3.8, 4) is 5.69 Å². The lowest BCUT2D eigenvalue weighted by molar-refractivity contribution is 0.282. The highest BCUT2D eigenvalue weighted by Crippen LogP contribution is 2.21. The molecule has 0 saturated carbocycles. The van der Waals surface area contributed by atoms with Crippen molar-refractivity contribution in [3.63, 3.8) is 0 Å². The van der Waals surface area contributed by atoms with Crippen LogP contribution in [0.2, 0.25) is 0 Å². The lowest BCUT2D eigenvalue weighted by Gasteiger charge is -2.13. The molecule has 0 atom stereocenters. The summed E-state index contributed by atoms with van der Waals surface area (Å²) in [6.07, 6.45) is 0. The summed E-state index contributed by atoms with van der Waals surface area (Å²) in [7, 11) is 0. The number of fused-ring (bicyclic) bond motifs is 1. The van der Waals surface area contributed by atoms with Gasteiger partial charge in [0, 0.05) is 17.1 Å². The highest BCUT2D eigenvalue weighted by Gasteiger charge is 2.08. The first-order chi connectivity index (χ1) is 9.70. The molecular weight excluding hydrogens is 250 g/mol. The van der Waals surface area contributed by atoms with Crippen LogP contribution in [0.5, 0.6) is 0 Å². The minimum atomic E-state index is -0.0590. The molecule has 1 heterocycles. The van der Waals surface area contributed by atoms with Gasteiger partial charge in [0.25, 0.3) is 5.56 Å². The van der Waals surface area contributed by atoms with Gasteiger partial charge in [-0.1, -0.05) is 30.3 Å². The maximum absolute atomic E-state index is 12.4. The fourth-order valence-corrected chi connectivity index (χ4v) is 2.48. The molecule has 0 radical (unpaired) electrons. The number of para-hydroxylation sites is 1. The van der Waals surface area contributed by atoms with Crippen molar-refractivity contribution < 1.29 is 5.11 Å². The number of pyridine rings is 1. The molecule has 0 aliphatic heterocycles. The van der Waals surface area contributed by atoms with Crippen molar-refractivity contribution in [2.45, 2.75) is 13.5 Å². The number of hydrogen-bond acceptors (Lipinski definition) is 2. The van der Waals surface area contributed by atoms with E-state index in [1.165, 1.54) is 0 Å². The molecule has 0 aliphatic carbocycles. The number of aromatic nitrogens is 1. The molecule has 3 rings (SSSR count). The zero-order valence-electron chi connectivity index (χ0n) is 11.2. The molecule has 0 unspecified atom stereocenters. The third-order valence-electron chi connectivity index (χ3n) is 3.49. The Morgan fingerprint density at radius 1 is 1.05 bits per heavy atom. The average Bonchev–Trinajstić information content (AvgIpc) is 2.47.